The Hall–Kier alpha value is -1.70. The van der Waals surface area contributed by atoms with Crippen molar-refractivity contribution in [1.82, 2.24) is 5.32 Å². The minimum atomic E-state index is -1.31. The van der Waals surface area contributed by atoms with Crippen LogP contribution in [0.25, 0.3) is 0 Å². The number of hydrogen-bond donors (Lipinski definition) is 1. The highest BCUT2D eigenvalue weighted by Gasteiger charge is 2.25. The molecular formula is C12H12F2N2O3S. The molecule has 1 saturated heterocycles. The van der Waals surface area contributed by atoms with Crippen molar-refractivity contribution >= 4 is 23.4 Å². The molecule has 20 heavy (non-hydrogen) atoms. The number of carbonyl (C=O) groups excluding carboxylic acids is 1. The highest BCUT2D eigenvalue weighted by atomic mass is 32.2. The number of benzene rings is 1. The molecule has 0 aromatic heterocycles. The summed E-state index contributed by atoms with van der Waals surface area (Å²) in [5.41, 5.74) is -1.67. The fourth-order valence-electron chi connectivity index (χ4n) is 1.95. The van der Waals surface area contributed by atoms with Crippen LogP contribution in [0.1, 0.15) is 16.8 Å². The topological polar surface area (TPSA) is 72.2 Å². The summed E-state index contributed by atoms with van der Waals surface area (Å²) >= 11 is 1.77. The Kier molecular flexibility index (Phi) is 4.53. The minimum absolute atomic E-state index is 0.301. The van der Waals surface area contributed by atoms with Gasteiger partial charge in [0.15, 0.2) is 0 Å². The number of nitrogens with one attached hydrogen (secondary N) is 1. The molecule has 0 aliphatic carbocycles. The van der Waals surface area contributed by atoms with E-state index in [4.69, 9.17) is 0 Å². The van der Waals surface area contributed by atoms with Crippen molar-refractivity contribution in [2.75, 3.05) is 18.1 Å². The molecule has 0 bridgehead atoms. The van der Waals surface area contributed by atoms with Crippen molar-refractivity contribution in [3.63, 3.8) is 0 Å². The van der Waals surface area contributed by atoms with Crippen LogP contribution in [-0.2, 0) is 0 Å². The average Bonchev–Trinajstić information content (AvgIpc) is 2.91. The van der Waals surface area contributed by atoms with E-state index < -0.39 is 33.7 Å². The van der Waals surface area contributed by atoms with E-state index in [0.717, 1.165) is 17.9 Å². The Morgan fingerprint density at radius 1 is 1.50 bits per heavy atom. The lowest BCUT2D eigenvalue weighted by molar-refractivity contribution is -0.387. The van der Waals surface area contributed by atoms with Gasteiger partial charge in [0, 0.05) is 6.54 Å². The predicted octanol–water partition coefficient (Wildman–Crippen LogP) is 2.36. The van der Waals surface area contributed by atoms with Gasteiger partial charge in [-0.2, -0.15) is 16.2 Å². The van der Waals surface area contributed by atoms with Gasteiger partial charge in [-0.25, -0.2) is 4.39 Å². The van der Waals surface area contributed by atoms with Crippen molar-refractivity contribution in [3.05, 3.63) is 39.4 Å². The van der Waals surface area contributed by atoms with Gasteiger partial charge in [-0.1, -0.05) is 0 Å². The number of rotatable bonds is 4. The molecule has 8 heteroatoms. The molecule has 1 aromatic rings. The van der Waals surface area contributed by atoms with E-state index in [2.05, 4.69) is 5.32 Å². The lowest BCUT2D eigenvalue weighted by atomic mass is 10.1. The zero-order valence-electron chi connectivity index (χ0n) is 10.4. The lowest BCUT2D eigenvalue weighted by Crippen LogP contribution is -2.30. The van der Waals surface area contributed by atoms with Gasteiger partial charge in [0.2, 0.25) is 5.82 Å². The third-order valence-electron chi connectivity index (χ3n) is 3.03. The van der Waals surface area contributed by atoms with Crippen LogP contribution in [-0.4, -0.2) is 28.9 Å². The average molecular weight is 302 g/mol. The summed E-state index contributed by atoms with van der Waals surface area (Å²) in [6.07, 6.45) is 0.955. The summed E-state index contributed by atoms with van der Waals surface area (Å²) < 4.78 is 27.0. The van der Waals surface area contributed by atoms with Gasteiger partial charge in [0.25, 0.3) is 5.91 Å². The van der Waals surface area contributed by atoms with Crippen molar-refractivity contribution in [3.8, 4) is 0 Å². The Balaban J connectivity index is 2.14. The minimum Gasteiger partial charge on any atom is -0.352 e. The highest BCUT2D eigenvalue weighted by molar-refractivity contribution is 7.99. The van der Waals surface area contributed by atoms with Crippen LogP contribution in [0, 0.1) is 27.7 Å². The highest BCUT2D eigenvalue weighted by Crippen LogP contribution is 2.24. The third-order valence-corrected chi connectivity index (χ3v) is 4.27. The molecule has 1 heterocycles. The molecule has 108 valence electrons. The largest absolute Gasteiger partial charge is 0.352 e. The van der Waals surface area contributed by atoms with Gasteiger partial charge in [-0.05, 0) is 29.9 Å². The van der Waals surface area contributed by atoms with Crippen LogP contribution in [0.3, 0.4) is 0 Å². The quantitative estimate of drug-likeness (QED) is 0.684. The van der Waals surface area contributed by atoms with E-state index in [1.165, 1.54) is 0 Å². The smallest absolute Gasteiger partial charge is 0.308 e. The first-order valence-corrected chi connectivity index (χ1v) is 7.14. The summed E-state index contributed by atoms with van der Waals surface area (Å²) in [7, 11) is 0. The first kappa shape index (κ1) is 14.7. The first-order valence-electron chi connectivity index (χ1n) is 5.98. The van der Waals surface area contributed by atoms with E-state index in [9.17, 15) is 23.7 Å². The zero-order chi connectivity index (χ0) is 14.7. The fraction of sp³-hybridized carbons (Fsp3) is 0.417. The first-order chi connectivity index (χ1) is 9.49. The molecule has 1 fully saturated rings. The molecule has 2 rings (SSSR count). The van der Waals surface area contributed by atoms with Crippen molar-refractivity contribution in [2.24, 2.45) is 5.92 Å². The number of nitro benzene ring substituents is 1. The number of hydrogen-bond acceptors (Lipinski definition) is 4. The van der Waals surface area contributed by atoms with Crippen molar-refractivity contribution < 1.29 is 18.5 Å². The number of thioether (sulfide) groups is 1. The van der Waals surface area contributed by atoms with E-state index >= 15 is 0 Å². The maximum Gasteiger partial charge on any atom is 0.308 e. The molecule has 0 saturated carbocycles. The zero-order valence-corrected chi connectivity index (χ0v) is 11.2. The number of nitro groups is 1. The van der Waals surface area contributed by atoms with Crippen LogP contribution in [0.5, 0.6) is 0 Å². The maximum atomic E-state index is 13.8. The van der Waals surface area contributed by atoms with Gasteiger partial charge >= 0.3 is 5.69 Å². The second-order valence-corrected chi connectivity index (χ2v) is 5.63. The molecule has 1 unspecified atom stereocenters. The monoisotopic (exact) mass is 302 g/mol. The van der Waals surface area contributed by atoms with Crippen LogP contribution >= 0.6 is 11.8 Å². The summed E-state index contributed by atoms with van der Waals surface area (Å²) in [5, 5.41) is 13.1. The molecule has 0 spiro atoms. The molecular weight excluding hydrogens is 290 g/mol. The van der Waals surface area contributed by atoms with E-state index in [0.29, 0.717) is 24.6 Å². The van der Waals surface area contributed by atoms with Crippen molar-refractivity contribution in [2.45, 2.75) is 6.42 Å². The Morgan fingerprint density at radius 2 is 2.25 bits per heavy atom. The summed E-state index contributed by atoms with van der Waals surface area (Å²) in [4.78, 5) is 21.3. The Morgan fingerprint density at radius 3 is 2.85 bits per heavy atom. The van der Waals surface area contributed by atoms with Gasteiger partial charge < -0.3 is 5.32 Å². The predicted molar refractivity (Wildman–Crippen MR) is 70.8 cm³/mol. The lowest BCUT2D eigenvalue weighted by Gasteiger charge is -2.10. The van der Waals surface area contributed by atoms with E-state index in [-0.39, 0.29) is 0 Å². The number of nitrogens with zero attached hydrogens (tertiary/aromatic N) is 1. The molecule has 0 radical (unpaired) electrons. The fourth-order valence-corrected chi connectivity index (χ4v) is 3.23. The Bertz CT molecular complexity index is 548. The summed E-state index contributed by atoms with van der Waals surface area (Å²) in [6.45, 7) is 0.357. The molecule has 1 amide bonds. The molecule has 1 aromatic carbocycles. The molecule has 1 aliphatic rings. The second-order valence-electron chi connectivity index (χ2n) is 4.48. The van der Waals surface area contributed by atoms with Gasteiger partial charge in [-0.3, -0.25) is 14.9 Å². The Labute approximate surface area is 117 Å². The normalized spacial score (nSPS) is 18.0. The molecule has 1 aliphatic heterocycles. The van der Waals surface area contributed by atoms with Crippen LogP contribution in [0.4, 0.5) is 14.5 Å². The van der Waals surface area contributed by atoms with Crippen LogP contribution in [0.2, 0.25) is 0 Å². The van der Waals surface area contributed by atoms with Gasteiger partial charge in [0.1, 0.15) is 5.82 Å². The summed E-state index contributed by atoms with van der Waals surface area (Å²) in [5.74, 6) is -0.932. The maximum absolute atomic E-state index is 13.8. The third kappa shape index (κ3) is 3.24. The summed E-state index contributed by atoms with van der Waals surface area (Å²) in [6, 6.07) is 1.13. The molecule has 1 atom stereocenters. The number of carbonyl (C=O) groups is 1. The number of halogens is 2. The van der Waals surface area contributed by atoms with E-state index in [1.807, 2.05) is 0 Å². The van der Waals surface area contributed by atoms with Crippen molar-refractivity contribution in [1.29, 1.82) is 0 Å². The van der Waals surface area contributed by atoms with E-state index in [1.54, 1.807) is 11.8 Å². The second kappa shape index (κ2) is 6.17. The standard InChI is InChI=1S/C12H12F2N2O3S/c13-8-3-9(11(14)10(4-8)16(18)19)12(17)15-5-7-1-2-20-6-7/h3-4,7H,1-2,5-6H2,(H,15,17). The van der Waals surface area contributed by atoms with Gasteiger partial charge in [-0.15, -0.1) is 0 Å². The SMILES string of the molecule is O=C(NCC1CCSC1)c1cc(F)cc([N+](=O)[O-])c1F. The molecule has 5 nitrogen and oxygen atoms in total. The molecule has 1 N–H and O–H groups in total. The van der Waals surface area contributed by atoms with Crippen LogP contribution in [0.15, 0.2) is 12.1 Å². The van der Waals surface area contributed by atoms with Gasteiger partial charge in [0.05, 0.1) is 16.6 Å². The van der Waals surface area contributed by atoms with Crippen LogP contribution < -0.4 is 5.32 Å². The number of amides is 1.